The van der Waals surface area contributed by atoms with Gasteiger partial charge in [-0.25, -0.2) is 0 Å². The van der Waals surface area contributed by atoms with Gasteiger partial charge in [0, 0.05) is 12.1 Å². The molecule has 0 bridgehead atoms. The molecule has 0 heterocycles. The molecule has 4 heteroatoms. The van der Waals surface area contributed by atoms with Crippen LogP contribution < -0.4 is 5.32 Å². The Morgan fingerprint density at radius 2 is 2.00 bits per heavy atom. The average Bonchev–Trinajstić information content (AvgIpc) is 2.36. The lowest BCUT2D eigenvalue weighted by Gasteiger charge is -2.10. The predicted molar refractivity (Wildman–Crippen MR) is 65.6 cm³/mol. The molecule has 0 aliphatic rings. The zero-order valence-corrected chi connectivity index (χ0v) is 10.0. The molecular formula is C13H19NO3. The Bertz CT molecular complexity index is 348. The molecule has 0 radical (unpaired) electrons. The molecule has 0 aromatic heterocycles. The average molecular weight is 237 g/mol. The summed E-state index contributed by atoms with van der Waals surface area (Å²) in [6.45, 7) is 2.23. The third-order valence-electron chi connectivity index (χ3n) is 2.52. The van der Waals surface area contributed by atoms with Crippen molar-refractivity contribution in [2.75, 3.05) is 6.54 Å². The van der Waals surface area contributed by atoms with Gasteiger partial charge in [-0.1, -0.05) is 25.5 Å². The molecule has 0 aliphatic heterocycles. The van der Waals surface area contributed by atoms with Crippen LogP contribution in [0, 0.1) is 0 Å². The molecule has 1 atom stereocenters. The molecule has 94 valence electrons. The highest BCUT2D eigenvalue weighted by Gasteiger charge is 2.08. The number of hydrogen-bond acceptors (Lipinski definition) is 3. The molecule has 1 rings (SSSR count). The SMILES string of the molecule is CCCC(O)CNC(=O)c1ccc(CO)cc1. The number of benzene rings is 1. The van der Waals surface area contributed by atoms with Gasteiger partial charge in [-0.15, -0.1) is 0 Å². The standard InChI is InChI=1S/C13H19NO3/c1-2-3-12(16)8-14-13(17)11-6-4-10(9-15)5-7-11/h4-7,12,15-16H,2-3,8-9H2,1H3,(H,14,17). The van der Waals surface area contributed by atoms with E-state index >= 15 is 0 Å². The van der Waals surface area contributed by atoms with E-state index in [1.165, 1.54) is 0 Å². The second kappa shape index (κ2) is 7.04. The van der Waals surface area contributed by atoms with Crippen LogP contribution in [0.4, 0.5) is 0 Å². The van der Waals surface area contributed by atoms with Crippen LogP contribution in [0.2, 0.25) is 0 Å². The lowest BCUT2D eigenvalue weighted by Crippen LogP contribution is -2.31. The summed E-state index contributed by atoms with van der Waals surface area (Å²) >= 11 is 0. The van der Waals surface area contributed by atoms with Crippen LogP contribution in [-0.2, 0) is 6.61 Å². The van der Waals surface area contributed by atoms with Crippen LogP contribution >= 0.6 is 0 Å². The van der Waals surface area contributed by atoms with Gasteiger partial charge in [0.1, 0.15) is 0 Å². The normalized spacial score (nSPS) is 12.2. The van der Waals surface area contributed by atoms with Crippen LogP contribution in [0.25, 0.3) is 0 Å². The zero-order valence-electron chi connectivity index (χ0n) is 10.0. The number of carbonyl (C=O) groups excluding carboxylic acids is 1. The molecular weight excluding hydrogens is 218 g/mol. The maximum absolute atomic E-state index is 11.7. The summed E-state index contributed by atoms with van der Waals surface area (Å²) in [5, 5.41) is 21.0. The zero-order chi connectivity index (χ0) is 12.7. The third kappa shape index (κ3) is 4.54. The van der Waals surface area contributed by atoms with Crippen molar-refractivity contribution in [1.82, 2.24) is 5.32 Å². The minimum Gasteiger partial charge on any atom is -0.392 e. The van der Waals surface area contributed by atoms with Gasteiger partial charge < -0.3 is 15.5 Å². The maximum Gasteiger partial charge on any atom is 0.251 e. The molecule has 1 amide bonds. The topological polar surface area (TPSA) is 69.6 Å². The molecule has 17 heavy (non-hydrogen) atoms. The summed E-state index contributed by atoms with van der Waals surface area (Å²) in [6.07, 6.45) is 1.09. The second-order valence-corrected chi connectivity index (χ2v) is 4.01. The Balaban J connectivity index is 2.46. The van der Waals surface area contributed by atoms with Crippen molar-refractivity contribution in [2.24, 2.45) is 0 Å². The van der Waals surface area contributed by atoms with Crippen molar-refractivity contribution in [3.05, 3.63) is 35.4 Å². The third-order valence-corrected chi connectivity index (χ3v) is 2.52. The summed E-state index contributed by atoms with van der Waals surface area (Å²) in [5.74, 6) is -0.204. The van der Waals surface area contributed by atoms with E-state index in [0.29, 0.717) is 12.0 Å². The number of carbonyl (C=O) groups is 1. The lowest BCUT2D eigenvalue weighted by molar-refractivity contribution is 0.0910. The second-order valence-electron chi connectivity index (χ2n) is 4.01. The van der Waals surface area contributed by atoms with Gasteiger partial charge in [-0.3, -0.25) is 4.79 Å². The van der Waals surface area contributed by atoms with Crippen molar-refractivity contribution in [1.29, 1.82) is 0 Å². The predicted octanol–water partition coefficient (Wildman–Crippen LogP) is 1.07. The van der Waals surface area contributed by atoms with Gasteiger partial charge in [0.2, 0.25) is 0 Å². The Labute approximate surface area is 101 Å². The molecule has 0 saturated heterocycles. The van der Waals surface area contributed by atoms with Gasteiger partial charge in [0.05, 0.1) is 12.7 Å². The van der Waals surface area contributed by atoms with E-state index in [2.05, 4.69) is 5.32 Å². The van der Waals surface area contributed by atoms with Crippen molar-refractivity contribution in [3.63, 3.8) is 0 Å². The highest BCUT2D eigenvalue weighted by Crippen LogP contribution is 2.04. The molecule has 3 N–H and O–H groups in total. The van der Waals surface area contributed by atoms with Crippen molar-refractivity contribution >= 4 is 5.91 Å². The van der Waals surface area contributed by atoms with Crippen LogP contribution in [0.5, 0.6) is 0 Å². The quantitative estimate of drug-likeness (QED) is 0.693. The first-order valence-electron chi connectivity index (χ1n) is 5.83. The molecule has 0 aliphatic carbocycles. The molecule has 0 saturated carbocycles. The summed E-state index contributed by atoms with van der Waals surface area (Å²) in [7, 11) is 0. The minimum atomic E-state index is -0.485. The molecule has 0 spiro atoms. The fourth-order valence-electron chi connectivity index (χ4n) is 1.51. The van der Waals surface area contributed by atoms with Gasteiger partial charge in [-0.2, -0.15) is 0 Å². The Hall–Kier alpha value is -1.39. The Morgan fingerprint density at radius 1 is 1.35 bits per heavy atom. The van der Waals surface area contributed by atoms with E-state index in [9.17, 15) is 9.90 Å². The number of nitrogens with one attached hydrogen (secondary N) is 1. The van der Waals surface area contributed by atoms with E-state index in [0.717, 1.165) is 12.0 Å². The van der Waals surface area contributed by atoms with Gasteiger partial charge >= 0.3 is 0 Å². The fraction of sp³-hybridized carbons (Fsp3) is 0.462. The van der Waals surface area contributed by atoms with Crippen LogP contribution in [0.3, 0.4) is 0 Å². The highest BCUT2D eigenvalue weighted by molar-refractivity contribution is 5.94. The number of amides is 1. The van der Waals surface area contributed by atoms with Crippen molar-refractivity contribution < 1.29 is 15.0 Å². The summed E-state index contributed by atoms with van der Waals surface area (Å²) < 4.78 is 0. The van der Waals surface area contributed by atoms with Gasteiger partial charge in [0.15, 0.2) is 0 Å². The summed E-state index contributed by atoms with van der Waals surface area (Å²) in [4.78, 5) is 11.7. The van der Waals surface area contributed by atoms with Crippen molar-refractivity contribution in [2.45, 2.75) is 32.5 Å². The van der Waals surface area contributed by atoms with Crippen LogP contribution in [-0.4, -0.2) is 28.8 Å². The molecule has 1 unspecified atom stereocenters. The largest absolute Gasteiger partial charge is 0.392 e. The number of rotatable bonds is 6. The first-order chi connectivity index (χ1) is 8.17. The first-order valence-corrected chi connectivity index (χ1v) is 5.83. The molecule has 4 nitrogen and oxygen atoms in total. The number of aliphatic hydroxyl groups is 2. The van der Waals surface area contributed by atoms with E-state index in [1.807, 2.05) is 6.92 Å². The van der Waals surface area contributed by atoms with Gasteiger partial charge in [0.25, 0.3) is 5.91 Å². The molecule has 1 aromatic rings. The van der Waals surface area contributed by atoms with Crippen LogP contribution in [0.1, 0.15) is 35.7 Å². The lowest BCUT2D eigenvalue weighted by atomic mass is 10.1. The minimum absolute atomic E-state index is 0.0306. The fourth-order valence-corrected chi connectivity index (χ4v) is 1.51. The Morgan fingerprint density at radius 3 is 2.53 bits per heavy atom. The van der Waals surface area contributed by atoms with E-state index in [-0.39, 0.29) is 19.1 Å². The summed E-state index contributed by atoms with van der Waals surface area (Å²) in [5.41, 5.74) is 1.30. The Kier molecular flexibility index (Phi) is 5.66. The first kappa shape index (κ1) is 13.7. The van der Waals surface area contributed by atoms with Gasteiger partial charge in [-0.05, 0) is 24.1 Å². The van der Waals surface area contributed by atoms with E-state index in [4.69, 9.17) is 5.11 Å². The van der Waals surface area contributed by atoms with Crippen molar-refractivity contribution in [3.8, 4) is 0 Å². The monoisotopic (exact) mass is 237 g/mol. The summed E-state index contributed by atoms with van der Waals surface area (Å²) in [6, 6.07) is 6.73. The molecule has 1 aromatic carbocycles. The van der Waals surface area contributed by atoms with E-state index in [1.54, 1.807) is 24.3 Å². The maximum atomic E-state index is 11.7. The molecule has 0 fully saturated rings. The number of hydrogen-bond donors (Lipinski definition) is 3. The van der Waals surface area contributed by atoms with E-state index < -0.39 is 6.10 Å². The number of aliphatic hydroxyl groups excluding tert-OH is 2. The smallest absolute Gasteiger partial charge is 0.251 e. The van der Waals surface area contributed by atoms with Crippen LogP contribution in [0.15, 0.2) is 24.3 Å². The highest BCUT2D eigenvalue weighted by atomic mass is 16.3.